The summed E-state index contributed by atoms with van der Waals surface area (Å²) in [5.74, 6) is 1.14. The summed E-state index contributed by atoms with van der Waals surface area (Å²) in [6.45, 7) is 3.97. The van der Waals surface area contributed by atoms with Crippen LogP contribution in [0, 0.1) is 6.92 Å². The van der Waals surface area contributed by atoms with E-state index in [2.05, 4.69) is 0 Å². The van der Waals surface area contributed by atoms with E-state index < -0.39 is 0 Å². The molecule has 0 aliphatic carbocycles. The number of hydrogen-bond donors (Lipinski definition) is 0. The van der Waals surface area contributed by atoms with Crippen molar-refractivity contribution in [3.05, 3.63) is 23.7 Å². The molecule has 0 aliphatic heterocycles. The van der Waals surface area contributed by atoms with Gasteiger partial charge in [-0.1, -0.05) is 6.92 Å². The van der Waals surface area contributed by atoms with Gasteiger partial charge < -0.3 is 9.21 Å². The van der Waals surface area contributed by atoms with Gasteiger partial charge >= 0.3 is 0 Å². The zero-order valence-corrected chi connectivity index (χ0v) is 6.83. The van der Waals surface area contributed by atoms with Crippen LogP contribution in [0.1, 0.15) is 30.6 Å². The van der Waals surface area contributed by atoms with Crippen molar-refractivity contribution in [1.29, 1.82) is 0 Å². The topological polar surface area (TPSA) is 30.2 Å². The van der Waals surface area contributed by atoms with Crippen molar-refractivity contribution in [2.24, 2.45) is 0 Å². The molecule has 0 aromatic carbocycles. The van der Waals surface area contributed by atoms with Gasteiger partial charge in [-0.3, -0.25) is 0 Å². The van der Waals surface area contributed by atoms with Gasteiger partial charge in [-0.15, -0.1) is 0 Å². The Labute approximate surface area is 66.2 Å². The molecule has 2 nitrogen and oxygen atoms in total. The third-order valence-corrected chi connectivity index (χ3v) is 1.80. The fourth-order valence-corrected chi connectivity index (χ4v) is 1.14. The van der Waals surface area contributed by atoms with Crippen LogP contribution < -0.4 is 0 Å². The number of aryl methyl sites for hydroxylation is 1. The molecular weight excluding hydrogens is 140 g/mol. The zero-order chi connectivity index (χ0) is 8.27. The molecule has 1 heterocycles. The van der Waals surface area contributed by atoms with E-state index >= 15 is 0 Å². The van der Waals surface area contributed by atoms with Crippen molar-refractivity contribution in [2.75, 3.05) is 0 Å². The number of hydrogen-bond acceptors (Lipinski definition) is 2. The van der Waals surface area contributed by atoms with Crippen molar-refractivity contribution in [3.8, 4) is 0 Å². The monoisotopic (exact) mass is 152 g/mol. The van der Waals surface area contributed by atoms with E-state index in [9.17, 15) is 4.79 Å². The van der Waals surface area contributed by atoms with Crippen LogP contribution in [0.15, 0.2) is 16.7 Å². The van der Waals surface area contributed by atoms with Crippen molar-refractivity contribution < 1.29 is 9.21 Å². The predicted molar refractivity (Wildman–Crippen MR) is 42.5 cm³/mol. The molecule has 1 rings (SSSR count). The quantitative estimate of drug-likeness (QED) is 0.622. The molecular formula is C9H12O2. The van der Waals surface area contributed by atoms with Crippen LogP contribution in [-0.4, -0.2) is 6.29 Å². The third-order valence-electron chi connectivity index (χ3n) is 1.80. The fourth-order valence-electron chi connectivity index (χ4n) is 1.14. The molecule has 0 unspecified atom stereocenters. The van der Waals surface area contributed by atoms with E-state index in [1.807, 2.05) is 19.9 Å². The molecule has 0 radical (unpaired) electrons. The molecule has 0 bridgehead atoms. The van der Waals surface area contributed by atoms with Crippen molar-refractivity contribution in [3.63, 3.8) is 0 Å². The molecule has 2 heteroatoms. The van der Waals surface area contributed by atoms with Gasteiger partial charge in [0, 0.05) is 12.3 Å². The second kappa shape index (κ2) is 3.37. The maximum absolute atomic E-state index is 10.2. The lowest BCUT2D eigenvalue weighted by atomic mass is 10.0. The molecule has 11 heavy (non-hydrogen) atoms. The fraction of sp³-hybridized carbons (Fsp3) is 0.444. The highest BCUT2D eigenvalue weighted by molar-refractivity contribution is 5.51. The molecule has 1 aromatic heterocycles. The highest BCUT2D eigenvalue weighted by atomic mass is 16.3. The summed E-state index contributed by atoms with van der Waals surface area (Å²) in [6, 6.07) is 1.91. The van der Waals surface area contributed by atoms with Gasteiger partial charge in [0.2, 0.25) is 0 Å². The zero-order valence-electron chi connectivity index (χ0n) is 6.83. The molecule has 0 spiro atoms. The Morgan fingerprint density at radius 2 is 2.45 bits per heavy atom. The maximum atomic E-state index is 10.2. The Bertz CT molecular complexity index is 237. The highest BCUT2D eigenvalue weighted by Gasteiger charge is 2.10. The minimum Gasteiger partial charge on any atom is -0.469 e. The molecule has 0 aliphatic rings. The lowest BCUT2D eigenvalue weighted by molar-refractivity contribution is -0.108. The number of carbonyl (C=O) groups is 1. The number of rotatable bonds is 3. The first-order valence-electron chi connectivity index (χ1n) is 3.73. The standard InChI is InChI=1S/C9H12O2/c1-7(3-5-10)9-8(2)4-6-11-9/h4-7H,3H2,1-2H3/t7-/m0/s1. The Morgan fingerprint density at radius 1 is 1.73 bits per heavy atom. The summed E-state index contributed by atoms with van der Waals surface area (Å²) < 4.78 is 5.22. The van der Waals surface area contributed by atoms with E-state index in [4.69, 9.17) is 4.42 Å². The van der Waals surface area contributed by atoms with Crippen LogP contribution in [-0.2, 0) is 4.79 Å². The third kappa shape index (κ3) is 1.70. The van der Waals surface area contributed by atoms with E-state index in [1.54, 1.807) is 6.26 Å². The molecule has 60 valence electrons. The number of furan rings is 1. The van der Waals surface area contributed by atoms with Crippen LogP contribution in [0.2, 0.25) is 0 Å². The molecule has 1 atom stereocenters. The van der Waals surface area contributed by atoms with Gasteiger partial charge in [0.05, 0.1) is 6.26 Å². The van der Waals surface area contributed by atoms with Crippen LogP contribution in [0.4, 0.5) is 0 Å². The maximum Gasteiger partial charge on any atom is 0.120 e. The van der Waals surface area contributed by atoms with Crippen LogP contribution in [0.3, 0.4) is 0 Å². The number of carbonyl (C=O) groups excluding carboxylic acids is 1. The highest BCUT2D eigenvalue weighted by Crippen LogP contribution is 2.21. The predicted octanol–water partition coefficient (Wildman–Crippen LogP) is 2.28. The van der Waals surface area contributed by atoms with Gasteiger partial charge in [0.25, 0.3) is 0 Å². The first-order chi connectivity index (χ1) is 5.25. The van der Waals surface area contributed by atoms with E-state index in [-0.39, 0.29) is 5.92 Å². The van der Waals surface area contributed by atoms with Gasteiger partial charge in [0.15, 0.2) is 0 Å². The minimum atomic E-state index is 0.211. The number of aldehydes is 1. The molecule has 0 fully saturated rings. The largest absolute Gasteiger partial charge is 0.469 e. The molecule has 0 amide bonds. The smallest absolute Gasteiger partial charge is 0.120 e. The Hall–Kier alpha value is -1.05. The van der Waals surface area contributed by atoms with Crippen molar-refractivity contribution in [1.82, 2.24) is 0 Å². The second-order valence-corrected chi connectivity index (χ2v) is 2.77. The summed E-state index contributed by atoms with van der Waals surface area (Å²) in [6.07, 6.45) is 3.12. The van der Waals surface area contributed by atoms with Crippen LogP contribution in [0.25, 0.3) is 0 Å². The van der Waals surface area contributed by atoms with Gasteiger partial charge in [0.1, 0.15) is 12.0 Å². The minimum absolute atomic E-state index is 0.211. The average Bonchev–Trinajstić information content (AvgIpc) is 2.36. The summed E-state index contributed by atoms with van der Waals surface area (Å²) in [7, 11) is 0. The van der Waals surface area contributed by atoms with Gasteiger partial charge in [-0.25, -0.2) is 0 Å². The van der Waals surface area contributed by atoms with E-state index in [1.165, 1.54) is 0 Å². The first-order valence-corrected chi connectivity index (χ1v) is 3.73. The summed E-state index contributed by atoms with van der Waals surface area (Å²) in [5.41, 5.74) is 1.12. The molecule has 0 N–H and O–H groups in total. The molecule has 0 saturated heterocycles. The van der Waals surface area contributed by atoms with Gasteiger partial charge in [-0.2, -0.15) is 0 Å². The van der Waals surface area contributed by atoms with Crippen LogP contribution >= 0.6 is 0 Å². The summed E-state index contributed by atoms with van der Waals surface area (Å²) in [5, 5.41) is 0. The van der Waals surface area contributed by atoms with Crippen molar-refractivity contribution >= 4 is 6.29 Å². The normalized spacial score (nSPS) is 12.9. The van der Waals surface area contributed by atoms with Crippen molar-refractivity contribution in [2.45, 2.75) is 26.2 Å². The first kappa shape index (κ1) is 8.05. The summed E-state index contributed by atoms with van der Waals surface area (Å²) >= 11 is 0. The molecule has 0 saturated carbocycles. The molecule has 1 aromatic rings. The van der Waals surface area contributed by atoms with Crippen LogP contribution in [0.5, 0.6) is 0 Å². The Morgan fingerprint density at radius 3 is 2.91 bits per heavy atom. The van der Waals surface area contributed by atoms with E-state index in [0.29, 0.717) is 6.42 Å². The lowest BCUT2D eigenvalue weighted by Gasteiger charge is -2.03. The summed E-state index contributed by atoms with van der Waals surface area (Å²) in [4.78, 5) is 10.2. The Kier molecular flexibility index (Phi) is 2.47. The van der Waals surface area contributed by atoms with Gasteiger partial charge in [-0.05, 0) is 18.6 Å². The Balaban J connectivity index is 2.74. The van der Waals surface area contributed by atoms with E-state index in [0.717, 1.165) is 17.6 Å². The lowest BCUT2D eigenvalue weighted by Crippen LogP contribution is -1.93. The average molecular weight is 152 g/mol. The SMILES string of the molecule is Cc1ccoc1[C@@H](C)CC=O. The second-order valence-electron chi connectivity index (χ2n) is 2.77.